The topological polar surface area (TPSA) is 28.4 Å². The second kappa shape index (κ2) is 7.85. The van der Waals surface area contributed by atoms with Gasteiger partial charge in [0.2, 0.25) is 0 Å². The number of thiophene rings is 1. The Kier molecular flexibility index (Phi) is 5.56. The molecule has 1 aromatic carbocycles. The number of hydrogen-bond donors (Lipinski definition) is 1. The summed E-state index contributed by atoms with van der Waals surface area (Å²) in [6, 6.07) is 14.6. The predicted octanol–water partition coefficient (Wildman–Crippen LogP) is 5.92. The first kappa shape index (κ1) is 17.7. The third-order valence-electron chi connectivity index (χ3n) is 4.06. The molecule has 0 aliphatic rings. The number of thiocarbonyl (C=S) groups is 1. The minimum absolute atomic E-state index is 0.163. The maximum absolute atomic E-state index is 5.75. The summed E-state index contributed by atoms with van der Waals surface area (Å²) in [4.78, 5) is 3.44. The van der Waals surface area contributed by atoms with Crippen molar-refractivity contribution in [3.05, 3.63) is 75.9 Å². The van der Waals surface area contributed by atoms with Gasteiger partial charge >= 0.3 is 0 Å². The molecule has 0 fully saturated rings. The largest absolute Gasteiger partial charge is 0.467 e. The molecular formula is C20H22N2OS2. The Morgan fingerprint density at radius 2 is 1.96 bits per heavy atom. The molecule has 3 nitrogen and oxygen atoms in total. The first-order valence-corrected chi connectivity index (χ1v) is 9.53. The average molecular weight is 371 g/mol. The van der Waals surface area contributed by atoms with Gasteiger partial charge < -0.3 is 14.6 Å². The second-order valence-electron chi connectivity index (χ2n) is 6.21. The summed E-state index contributed by atoms with van der Waals surface area (Å²) < 4.78 is 5.54. The van der Waals surface area contributed by atoms with Gasteiger partial charge in [0, 0.05) is 10.6 Å². The first-order chi connectivity index (χ1) is 12.0. The number of benzene rings is 1. The van der Waals surface area contributed by atoms with Gasteiger partial charge in [-0.2, -0.15) is 0 Å². The van der Waals surface area contributed by atoms with Crippen molar-refractivity contribution in [1.82, 2.24) is 4.90 Å². The average Bonchev–Trinajstić information content (AvgIpc) is 3.24. The van der Waals surface area contributed by atoms with Crippen LogP contribution in [0.5, 0.6) is 0 Å². The van der Waals surface area contributed by atoms with Crippen LogP contribution in [0.3, 0.4) is 0 Å². The predicted molar refractivity (Wildman–Crippen MR) is 109 cm³/mol. The summed E-state index contributed by atoms with van der Waals surface area (Å²) >= 11 is 7.49. The van der Waals surface area contributed by atoms with E-state index in [0.29, 0.717) is 11.7 Å². The lowest BCUT2D eigenvalue weighted by Gasteiger charge is -2.30. The molecule has 2 aromatic heterocycles. The van der Waals surface area contributed by atoms with Crippen LogP contribution < -0.4 is 5.32 Å². The molecule has 2 heterocycles. The van der Waals surface area contributed by atoms with Crippen molar-refractivity contribution in [3.63, 3.8) is 0 Å². The fourth-order valence-corrected chi connectivity index (χ4v) is 4.02. The van der Waals surface area contributed by atoms with E-state index >= 15 is 0 Å². The van der Waals surface area contributed by atoms with E-state index in [4.69, 9.17) is 16.6 Å². The second-order valence-corrected chi connectivity index (χ2v) is 7.57. The molecule has 5 heteroatoms. The quantitative estimate of drug-likeness (QED) is 0.565. The lowest BCUT2D eigenvalue weighted by Crippen LogP contribution is -2.36. The van der Waals surface area contributed by atoms with Crippen LogP contribution in [-0.4, -0.2) is 10.0 Å². The zero-order valence-corrected chi connectivity index (χ0v) is 16.3. The Morgan fingerprint density at radius 3 is 2.56 bits per heavy atom. The Bertz CT molecular complexity index is 805. The molecule has 0 spiro atoms. The highest BCUT2D eigenvalue weighted by Crippen LogP contribution is 2.27. The highest BCUT2D eigenvalue weighted by molar-refractivity contribution is 7.80. The van der Waals surface area contributed by atoms with Crippen LogP contribution >= 0.6 is 23.6 Å². The lowest BCUT2D eigenvalue weighted by molar-refractivity contribution is 0.306. The van der Waals surface area contributed by atoms with E-state index in [1.807, 2.05) is 12.1 Å². The molecule has 130 valence electrons. The van der Waals surface area contributed by atoms with Crippen LogP contribution in [0.15, 0.2) is 58.5 Å². The zero-order chi connectivity index (χ0) is 17.8. The molecule has 1 atom stereocenters. The minimum atomic E-state index is 0.163. The molecule has 0 unspecified atom stereocenters. The maximum atomic E-state index is 5.75. The highest BCUT2D eigenvalue weighted by Gasteiger charge is 2.21. The summed E-state index contributed by atoms with van der Waals surface area (Å²) in [7, 11) is 0. The van der Waals surface area contributed by atoms with Gasteiger partial charge in [0.25, 0.3) is 0 Å². The molecular weight excluding hydrogens is 348 g/mol. The number of nitrogens with one attached hydrogen (secondary N) is 1. The van der Waals surface area contributed by atoms with Crippen LogP contribution in [0.25, 0.3) is 0 Å². The fourth-order valence-electron chi connectivity index (χ4n) is 2.88. The van der Waals surface area contributed by atoms with Crippen molar-refractivity contribution < 1.29 is 4.42 Å². The van der Waals surface area contributed by atoms with Crippen molar-refractivity contribution >= 4 is 34.4 Å². The van der Waals surface area contributed by atoms with Crippen molar-refractivity contribution in [2.24, 2.45) is 0 Å². The zero-order valence-electron chi connectivity index (χ0n) is 14.7. The van der Waals surface area contributed by atoms with Gasteiger partial charge in [-0.25, -0.2) is 0 Å². The third-order valence-corrected chi connectivity index (χ3v) is 5.44. The maximum Gasteiger partial charge on any atom is 0.174 e. The molecule has 3 rings (SSSR count). The number of rotatable bonds is 5. The van der Waals surface area contributed by atoms with E-state index in [9.17, 15) is 0 Å². The normalized spacial score (nSPS) is 12.0. The molecule has 0 bridgehead atoms. The summed E-state index contributed by atoms with van der Waals surface area (Å²) in [5.41, 5.74) is 3.45. The van der Waals surface area contributed by atoms with Gasteiger partial charge in [0.05, 0.1) is 18.8 Å². The Morgan fingerprint density at radius 1 is 1.20 bits per heavy atom. The Balaban J connectivity index is 1.83. The molecule has 0 saturated carbocycles. The minimum Gasteiger partial charge on any atom is -0.467 e. The molecule has 0 saturated heterocycles. The first-order valence-electron chi connectivity index (χ1n) is 8.24. The molecule has 0 radical (unpaired) electrons. The van der Waals surface area contributed by atoms with E-state index in [0.717, 1.165) is 11.4 Å². The van der Waals surface area contributed by atoms with Gasteiger partial charge in [-0.3, -0.25) is 0 Å². The molecule has 0 amide bonds. The number of nitrogens with zero attached hydrogens (tertiary/aromatic N) is 1. The number of anilines is 1. The van der Waals surface area contributed by atoms with E-state index < -0.39 is 0 Å². The van der Waals surface area contributed by atoms with Crippen LogP contribution in [0.4, 0.5) is 5.69 Å². The van der Waals surface area contributed by atoms with Gasteiger partial charge in [0.1, 0.15) is 5.76 Å². The highest BCUT2D eigenvalue weighted by atomic mass is 32.1. The van der Waals surface area contributed by atoms with E-state index in [1.165, 1.54) is 16.0 Å². The standard InChI is InChI=1S/C20H22N2OS2/c1-14-10-15(2)12-17(11-14)21-20(24)22(13-18-6-4-8-23-18)16(3)19-7-5-9-25-19/h4-12,16H,13H2,1-3H3,(H,21,24)/t16-/m1/s1. The van der Waals surface area contributed by atoms with Crippen molar-refractivity contribution in [3.8, 4) is 0 Å². The van der Waals surface area contributed by atoms with Crippen LogP contribution in [-0.2, 0) is 6.54 Å². The number of aryl methyl sites for hydroxylation is 2. The molecule has 3 aromatic rings. The molecule has 1 N–H and O–H groups in total. The van der Waals surface area contributed by atoms with Crippen molar-refractivity contribution in [2.45, 2.75) is 33.4 Å². The van der Waals surface area contributed by atoms with Gasteiger partial charge in [-0.1, -0.05) is 12.1 Å². The summed E-state index contributed by atoms with van der Waals surface area (Å²) in [5, 5.41) is 6.19. The number of furan rings is 1. The Hall–Kier alpha value is -2.11. The fraction of sp³-hybridized carbons (Fsp3) is 0.250. The van der Waals surface area contributed by atoms with Crippen molar-refractivity contribution in [1.29, 1.82) is 0 Å². The van der Waals surface area contributed by atoms with E-state index in [2.05, 4.69) is 66.7 Å². The Labute approximate surface area is 158 Å². The van der Waals surface area contributed by atoms with Crippen LogP contribution in [0.1, 0.15) is 34.7 Å². The molecule has 0 aliphatic carbocycles. The van der Waals surface area contributed by atoms with Gasteiger partial charge in [-0.15, -0.1) is 11.3 Å². The summed E-state index contributed by atoms with van der Waals surface area (Å²) in [6.07, 6.45) is 1.70. The lowest BCUT2D eigenvalue weighted by atomic mass is 10.1. The van der Waals surface area contributed by atoms with Gasteiger partial charge in [-0.05, 0) is 79.8 Å². The monoisotopic (exact) mass is 370 g/mol. The van der Waals surface area contributed by atoms with Crippen LogP contribution in [0, 0.1) is 13.8 Å². The number of hydrogen-bond acceptors (Lipinski definition) is 3. The SMILES string of the molecule is Cc1cc(C)cc(NC(=S)N(Cc2ccco2)[C@H](C)c2cccs2)c1. The van der Waals surface area contributed by atoms with Gasteiger partial charge in [0.15, 0.2) is 5.11 Å². The summed E-state index contributed by atoms with van der Waals surface area (Å²) in [5.74, 6) is 0.896. The third kappa shape index (κ3) is 4.50. The smallest absolute Gasteiger partial charge is 0.174 e. The molecule has 25 heavy (non-hydrogen) atoms. The van der Waals surface area contributed by atoms with Crippen LogP contribution in [0.2, 0.25) is 0 Å². The van der Waals surface area contributed by atoms with E-state index in [-0.39, 0.29) is 6.04 Å². The van der Waals surface area contributed by atoms with E-state index in [1.54, 1.807) is 17.6 Å². The molecule has 0 aliphatic heterocycles. The summed E-state index contributed by atoms with van der Waals surface area (Å²) in [6.45, 7) is 6.99. The van der Waals surface area contributed by atoms with Crippen molar-refractivity contribution in [2.75, 3.05) is 5.32 Å².